The van der Waals surface area contributed by atoms with Gasteiger partial charge in [-0.2, -0.15) is 0 Å². The zero-order valence-corrected chi connectivity index (χ0v) is 7.16. The van der Waals surface area contributed by atoms with Crippen molar-refractivity contribution in [2.45, 2.75) is 20.3 Å². The fourth-order valence-electron chi connectivity index (χ4n) is 0.911. The molecule has 0 aromatic heterocycles. The largest absolute Gasteiger partial charge is 0.469 e. The van der Waals surface area contributed by atoms with Gasteiger partial charge in [-0.3, -0.25) is 4.79 Å². The third-order valence-electron chi connectivity index (χ3n) is 1.56. The van der Waals surface area contributed by atoms with E-state index in [1.807, 2.05) is 0 Å². The minimum atomic E-state index is -0.251. The number of methoxy groups -OCH3 is 1. The molecule has 3 nitrogen and oxygen atoms in total. The van der Waals surface area contributed by atoms with Gasteiger partial charge in [0.1, 0.15) is 6.29 Å². The number of aldehydes is 1. The van der Waals surface area contributed by atoms with Crippen molar-refractivity contribution in [2.24, 2.45) is 11.8 Å². The molecule has 0 aliphatic rings. The molecule has 64 valence electrons. The summed E-state index contributed by atoms with van der Waals surface area (Å²) in [5.41, 5.74) is 0. The Balaban J connectivity index is 3.76. The van der Waals surface area contributed by atoms with Crippen LogP contribution < -0.4 is 0 Å². The number of hydrogen-bond acceptors (Lipinski definition) is 3. The van der Waals surface area contributed by atoms with E-state index in [1.165, 1.54) is 7.11 Å². The normalized spacial score (nSPS) is 15.2. The van der Waals surface area contributed by atoms with Gasteiger partial charge >= 0.3 is 5.97 Å². The van der Waals surface area contributed by atoms with Crippen molar-refractivity contribution in [2.75, 3.05) is 7.11 Å². The van der Waals surface area contributed by atoms with E-state index in [-0.39, 0.29) is 17.8 Å². The summed E-state index contributed by atoms with van der Waals surface area (Å²) < 4.78 is 4.50. The van der Waals surface area contributed by atoms with Crippen LogP contribution in [0.3, 0.4) is 0 Å². The lowest BCUT2D eigenvalue weighted by atomic mass is 9.99. The smallest absolute Gasteiger partial charge is 0.308 e. The van der Waals surface area contributed by atoms with E-state index in [2.05, 4.69) is 4.74 Å². The van der Waals surface area contributed by atoms with Crippen LogP contribution in [0.4, 0.5) is 0 Å². The first-order chi connectivity index (χ1) is 5.11. The number of rotatable bonds is 4. The number of hydrogen-bond donors (Lipinski definition) is 0. The Bertz CT molecular complexity index is 142. The molecule has 0 rings (SSSR count). The Hall–Kier alpha value is -0.860. The molecule has 0 aliphatic heterocycles. The molecule has 0 spiro atoms. The van der Waals surface area contributed by atoms with Crippen molar-refractivity contribution >= 4 is 12.3 Å². The summed E-state index contributed by atoms with van der Waals surface area (Å²) in [4.78, 5) is 21.0. The molecule has 0 unspecified atom stereocenters. The Kier molecular flexibility index (Phi) is 4.50. The number of ether oxygens (including phenoxy) is 1. The second-order valence-electron chi connectivity index (χ2n) is 2.77. The fourth-order valence-corrected chi connectivity index (χ4v) is 0.911. The number of esters is 1. The van der Waals surface area contributed by atoms with Crippen LogP contribution in [-0.2, 0) is 14.3 Å². The van der Waals surface area contributed by atoms with Crippen LogP contribution in [0.5, 0.6) is 0 Å². The maximum absolute atomic E-state index is 10.8. The first kappa shape index (κ1) is 10.1. The molecule has 11 heavy (non-hydrogen) atoms. The molecular formula is C8H14O3. The Morgan fingerprint density at radius 2 is 2.09 bits per heavy atom. The number of carbonyl (C=O) groups is 2. The highest BCUT2D eigenvalue weighted by molar-refractivity contribution is 5.72. The highest BCUT2D eigenvalue weighted by Crippen LogP contribution is 2.10. The van der Waals surface area contributed by atoms with Crippen molar-refractivity contribution in [1.82, 2.24) is 0 Å². The van der Waals surface area contributed by atoms with Crippen molar-refractivity contribution in [3.8, 4) is 0 Å². The van der Waals surface area contributed by atoms with Crippen LogP contribution in [0.25, 0.3) is 0 Å². The second-order valence-corrected chi connectivity index (χ2v) is 2.77. The molecule has 0 N–H and O–H groups in total. The summed E-state index contributed by atoms with van der Waals surface area (Å²) in [6.07, 6.45) is 1.41. The van der Waals surface area contributed by atoms with Crippen LogP contribution in [0.15, 0.2) is 0 Å². The van der Waals surface area contributed by atoms with Gasteiger partial charge in [-0.1, -0.05) is 13.8 Å². The van der Waals surface area contributed by atoms with Crippen molar-refractivity contribution in [1.29, 1.82) is 0 Å². The van der Waals surface area contributed by atoms with E-state index < -0.39 is 0 Å². The molecule has 2 atom stereocenters. The van der Waals surface area contributed by atoms with E-state index in [1.54, 1.807) is 13.8 Å². The molecule has 0 bridgehead atoms. The zero-order chi connectivity index (χ0) is 8.85. The third kappa shape index (κ3) is 3.75. The minimum Gasteiger partial charge on any atom is -0.469 e. The first-order valence-corrected chi connectivity index (χ1v) is 3.65. The summed E-state index contributed by atoms with van der Waals surface area (Å²) in [6, 6.07) is 0. The minimum absolute atomic E-state index is 0.0656. The molecule has 0 fully saturated rings. The van der Waals surface area contributed by atoms with E-state index in [0.29, 0.717) is 6.42 Å². The molecule has 0 saturated carbocycles. The molecule has 0 aliphatic carbocycles. The Morgan fingerprint density at radius 3 is 2.45 bits per heavy atom. The Morgan fingerprint density at radius 1 is 1.55 bits per heavy atom. The van der Waals surface area contributed by atoms with Crippen LogP contribution in [0, 0.1) is 11.8 Å². The average molecular weight is 158 g/mol. The summed E-state index contributed by atoms with van der Waals surface area (Å²) >= 11 is 0. The lowest BCUT2D eigenvalue weighted by Crippen LogP contribution is -2.16. The van der Waals surface area contributed by atoms with Crippen LogP contribution in [0.2, 0.25) is 0 Å². The highest BCUT2D eigenvalue weighted by atomic mass is 16.5. The average Bonchev–Trinajstić information content (AvgIpc) is 2.02. The van der Waals surface area contributed by atoms with Crippen LogP contribution >= 0.6 is 0 Å². The monoisotopic (exact) mass is 158 g/mol. The standard InChI is InChI=1S/C8H14O3/c1-6(5-9)4-7(2)8(10)11-3/h5-7H,4H2,1-3H3/t6-,7+/m0/s1. The zero-order valence-electron chi connectivity index (χ0n) is 7.16. The molecule has 0 aromatic rings. The van der Waals surface area contributed by atoms with Crippen molar-refractivity contribution in [3.63, 3.8) is 0 Å². The van der Waals surface area contributed by atoms with Gasteiger partial charge in [0.15, 0.2) is 0 Å². The van der Waals surface area contributed by atoms with E-state index in [4.69, 9.17) is 0 Å². The van der Waals surface area contributed by atoms with Gasteiger partial charge in [0.25, 0.3) is 0 Å². The van der Waals surface area contributed by atoms with Gasteiger partial charge in [0.05, 0.1) is 13.0 Å². The lowest BCUT2D eigenvalue weighted by molar-refractivity contribution is -0.145. The fraction of sp³-hybridized carbons (Fsp3) is 0.750. The quantitative estimate of drug-likeness (QED) is 0.453. The summed E-state index contributed by atoms with van der Waals surface area (Å²) in [6.45, 7) is 3.54. The first-order valence-electron chi connectivity index (χ1n) is 3.65. The van der Waals surface area contributed by atoms with Gasteiger partial charge < -0.3 is 9.53 Å². The molecule has 0 saturated heterocycles. The lowest BCUT2D eigenvalue weighted by Gasteiger charge is -2.09. The summed E-state index contributed by atoms with van der Waals surface area (Å²) in [7, 11) is 1.35. The van der Waals surface area contributed by atoms with E-state index in [9.17, 15) is 9.59 Å². The molecule has 0 amide bonds. The van der Waals surface area contributed by atoms with Crippen molar-refractivity contribution in [3.05, 3.63) is 0 Å². The van der Waals surface area contributed by atoms with Gasteiger partial charge in [-0.25, -0.2) is 0 Å². The van der Waals surface area contributed by atoms with Gasteiger partial charge in [-0.15, -0.1) is 0 Å². The summed E-state index contributed by atoms with van der Waals surface area (Å²) in [5, 5.41) is 0. The molecular weight excluding hydrogens is 144 g/mol. The predicted molar refractivity (Wildman–Crippen MR) is 41.0 cm³/mol. The van der Waals surface area contributed by atoms with Gasteiger partial charge in [-0.05, 0) is 6.42 Å². The van der Waals surface area contributed by atoms with Crippen LogP contribution in [0.1, 0.15) is 20.3 Å². The van der Waals surface area contributed by atoms with E-state index >= 15 is 0 Å². The van der Waals surface area contributed by atoms with E-state index in [0.717, 1.165) is 6.29 Å². The van der Waals surface area contributed by atoms with Crippen molar-refractivity contribution < 1.29 is 14.3 Å². The second kappa shape index (κ2) is 4.88. The topological polar surface area (TPSA) is 43.4 Å². The van der Waals surface area contributed by atoms with Gasteiger partial charge in [0.2, 0.25) is 0 Å². The maximum atomic E-state index is 10.8. The molecule has 0 heterocycles. The molecule has 0 aromatic carbocycles. The number of carbonyl (C=O) groups excluding carboxylic acids is 2. The maximum Gasteiger partial charge on any atom is 0.308 e. The molecule has 3 heteroatoms. The third-order valence-corrected chi connectivity index (χ3v) is 1.56. The highest BCUT2D eigenvalue weighted by Gasteiger charge is 2.15. The van der Waals surface area contributed by atoms with Gasteiger partial charge in [0, 0.05) is 5.92 Å². The van der Waals surface area contributed by atoms with Crippen LogP contribution in [-0.4, -0.2) is 19.4 Å². The SMILES string of the molecule is COC(=O)[C@H](C)C[C@H](C)C=O. The molecule has 0 radical (unpaired) electrons. The predicted octanol–water partition coefficient (Wildman–Crippen LogP) is 1.02. The summed E-state index contributed by atoms with van der Waals surface area (Å²) in [5.74, 6) is -0.497. The Labute approximate surface area is 66.7 Å².